The molecule has 0 bridgehead atoms. The number of piperidine rings is 1. The molecule has 10 heteroatoms. The molecule has 2 atom stereocenters. The second-order valence-electron chi connectivity index (χ2n) is 7.71. The summed E-state index contributed by atoms with van der Waals surface area (Å²) in [5.41, 5.74) is -0.614. The summed E-state index contributed by atoms with van der Waals surface area (Å²) in [5, 5.41) is -2.06. The zero-order valence-corrected chi connectivity index (χ0v) is 17.1. The van der Waals surface area contributed by atoms with E-state index in [1.54, 1.807) is 20.8 Å². The summed E-state index contributed by atoms with van der Waals surface area (Å²) in [6.07, 6.45) is 1.28. The lowest BCUT2D eigenvalue weighted by Gasteiger charge is -2.38. The normalized spacial score (nSPS) is 19.2. The maximum Gasteiger partial charge on any atom is 0.410 e. The van der Waals surface area contributed by atoms with E-state index in [0.717, 1.165) is 12.3 Å². The fraction of sp³-hybridized carbons (Fsp3) is 0.667. The predicted octanol–water partition coefficient (Wildman–Crippen LogP) is 4.12. The molecule has 28 heavy (non-hydrogen) atoms. The average Bonchev–Trinajstić information content (AvgIpc) is 2.60. The number of halogens is 3. The van der Waals surface area contributed by atoms with Crippen LogP contribution in [0.25, 0.3) is 0 Å². The Morgan fingerprint density at radius 2 is 1.89 bits per heavy atom. The molecule has 0 N–H and O–H groups in total. The van der Waals surface area contributed by atoms with Crippen molar-refractivity contribution in [1.82, 2.24) is 9.88 Å². The maximum atomic E-state index is 15.4. The number of hydrogen-bond donors (Lipinski definition) is 0. The molecule has 1 aromatic rings. The number of nitrogens with zero attached hydrogens (tertiary/aromatic N) is 2. The van der Waals surface area contributed by atoms with Crippen LogP contribution < -0.4 is 4.74 Å². The van der Waals surface area contributed by atoms with Crippen molar-refractivity contribution in [3.63, 3.8) is 0 Å². The zero-order chi connectivity index (χ0) is 21.1. The van der Waals surface area contributed by atoms with Gasteiger partial charge in [0.25, 0.3) is 5.00 Å². The van der Waals surface area contributed by atoms with E-state index in [2.05, 4.69) is 9.72 Å². The van der Waals surface area contributed by atoms with Crippen LogP contribution in [0.5, 0.6) is 5.88 Å². The number of alkyl halides is 3. The van der Waals surface area contributed by atoms with Gasteiger partial charge in [-0.3, -0.25) is 0 Å². The number of aromatic nitrogens is 1. The first-order valence-corrected chi connectivity index (χ1v) is 10.0. The third kappa shape index (κ3) is 5.91. The summed E-state index contributed by atoms with van der Waals surface area (Å²) in [4.78, 5) is 17.3. The summed E-state index contributed by atoms with van der Waals surface area (Å²) in [6.45, 7) is 4.14. The Kier molecular flexibility index (Phi) is 7.08. The Labute approximate surface area is 165 Å². The summed E-state index contributed by atoms with van der Waals surface area (Å²) in [7, 11) is 0. The molecule has 2 unspecified atom stereocenters. The van der Waals surface area contributed by atoms with E-state index in [0.29, 0.717) is 25.9 Å². The Balaban J connectivity index is 1.98. The zero-order valence-electron chi connectivity index (χ0n) is 16.3. The molecule has 0 aromatic carbocycles. The standard InChI is InChI=1S/C18H25F3N2O4S/c1-17(2,3)27-16(24)23-9-7-12(8-10-23)18(4,21)28(25)13-5-6-14(22-11-13)26-15(19)20/h5-6,11-12,15H,7-10H2,1-4H3. The van der Waals surface area contributed by atoms with E-state index >= 15 is 4.39 Å². The van der Waals surface area contributed by atoms with Crippen molar-refractivity contribution < 1.29 is 32.0 Å². The Morgan fingerprint density at radius 3 is 2.36 bits per heavy atom. The molecule has 1 saturated heterocycles. The Morgan fingerprint density at radius 1 is 1.29 bits per heavy atom. The van der Waals surface area contributed by atoms with Crippen LogP contribution in [0.1, 0.15) is 40.5 Å². The van der Waals surface area contributed by atoms with Crippen molar-refractivity contribution in [2.24, 2.45) is 5.92 Å². The van der Waals surface area contributed by atoms with Crippen molar-refractivity contribution in [1.29, 1.82) is 0 Å². The van der Waals surface area contributed by atoms with Crippen LogP contribution in [0.4, 0.5) is 18.0 Å². The molecule has 1 aromatic heterocycles. The van der Waals surface area contributed by atoms with Gasteiger partial charge in [0.2, 0.25) is 5.88 Å². The molecule has 2 rings (SSSR count). The molecule has 1 fully saturated rings. The highest BCUT2D eigenvalue weighted by molar-refractivity contribution is 7.92. The number of likely N-dealkylation sites (tertiary alicyclic amines) is 1. The molecular formula is C18H25F3N2O4S. The molecule has 0 radical (unpaired) electrons. The van der Waals surface area contributed by atoms with Gasteiger partial charge in [-0.05, 0) is 33.6 Å². The highest BCUT2D eigenvalue weighted by Gasteiger charge is 2.48. The van der Waals surface area contributed by atoms with E-state index in [1.165, 1.54) is 17.9 Å². The second kappa shape index (κ2) is 8.77. The van der Waals surface area contributed by atoms with Gasteiger partial charge in [0.05, 0.1) is 6.20 Å². The van der Waals surface area contributed by atoms with Crippen LogP contribution in [0.15, 0.2) is 23.2 Å². The predicted molar refractivity (Wildman–Crippen MR) is 97.3 cm³/mol. The molecule has 2 heterocycles. The number of carbonyl (C=O) groups excluding carboxylic acids is 1. The molecule has 158 valence electrons. The number of pyridine rings is 1. The molecule has 0 spiro atoms. The van der Waals surface area contributed by atoms with Crippen molar-refractivity contribution in [2.75, 3.05) is 13.1 Å². The second-order valence-corrected chi connectivity index (χ2v) is 9.51. The minimum atomic E-state index is -3.02. The summed E-state index contributed by atoms with van der Waals surface area (Å²) in [5.74, 6) is -0.869. The van der Waals surface area contributed by atoms with Gasteiger partial charge in [-0.25, -0.2) is 9.78 Å². The summed E-state index contributed by atoms with van der Waals surface area (Å²) in [6, 6.07) is 2.38. The van der Waals surface area contributed by atoms with Crippen LogP contribution in [0.2, 0.25) is 0 Å². The lowest BCUT2D eigenvalue weighted by Crippen LogP contribution is -2.48. The minimum absolute atomic E-state index is 0.0844. The van der Waals surface area contributed by atoms with Gasteiger partial charge < -0.3 is 18.9 Å². The van der Waals surface area contributed by atoms with Crippen LogP contribution >= 0.6 is 0 Å². The summed E-state index contributed by atoms with van der Waals surface area (Å²) >= 11 is -2.06. The van der Waals surface area contributed by atoms with Crippen molar-refractivity contribution in [3.05, 3.63) is 18.3 Å². The van der Waals surface area contributed by atoms with Crippen molar-refractivity contribution >= 4 is 17.3 Å². The van der Waals surface area contributed by atoms with E-state index in [1.807, 2.05) is 0 Å². The molecule has 1 amide bonds. The first kappa shape index (κ1) is 22.6. The fourth-order valence-corrected chi connectivity index (χ4v) is 4.26. The molecule has 6 nitrogen and oxygen atoms in total. The third-order valence-electron chi connectivity index (χ3n) is 4.37. The van der Waals surface area contributed by atoms with Crippen LogP contribution in [-0.4, -0.2) is 50.8 Å². The van der Waals surface area contributed by atoms with E-state index < -0.39 is 40.4 Å². The maximum absolute atomic E-state index is 15.4. The average molecular weight is 422 g/mol. The quantitative estimate of drug-likeness (QED) is 0.667. The Hall–Kier alpha value is -1.68. The number of hydrogen-bond acceptors (Lipinski definition) is 5. The van der Waals surface area contributed by atoms with E-state index in [9.17, 15) is 18.1 Å². The SMILES string of the molecule is CC(C)(C)OC(=O)N1CCC(C(C)(F)[S+]([O-])c2ccc(OC(F)F)nc2)CC1. The highest BCUT2D eigenvalue weighted by Crippen LogP contribution is 2.39. The number of carbonyl (C=O) groups is 1. The van der Waals surface area contributed by atoms with E-state index in [-0.39, 0.29) is 10.8 Å². The molecule has 0 aliphatic carbocycles. The van der Waals surface area contributed by atoms with Gasteiger partial charge in [0, 0.05) is 49.2 Å². The van der Waals surface area contributed by atoms with Crippen LogP contribution in [0.3, 0.4) is 0 Å². The van der Waals surface area contributed by atoms with Crippen molar-refractivity contribution in [2.45, 2.75) is 62.6 Å². The largest absolute Gasteiger partial charge is 0.609 e. The summed E-state index contributed by atoms with van der Waals surface area (Å²) < 4.78 is 61.8. The van der Waals surface area contributed by atoms with Crippen molar-refractivity contribution in [3.8, 4) is 5.88 Å². The van der Waals surface area contributed by atoms with Gasteiger partial charge in [-0.2, -0.15) is 13.2 Å². The minimum Gasteiger partial charge on any atom is -0.609 e. The fourth-order valence-electron chi connectivity index (χ4n) is 2.92. The first-order valence-electron chi connectivity index (χ1n) is 8.89. The first-order chi connectivity index (χ1) is 12.9. The monoisotopic (exact) mass is 422 g/mol. The van der Waals surface area contributed by atoms with Gasteiger partial charge in [-0.15, -0.1) is 0 Å². The third-order valence-corrected chi connectivity index (χ3v) is 6.10. The number of amides is 1. The highest BCUT2D eigenvalue weighted by atomic mass is 32.2. The lowest BCUT2D eigenvalue weighted by molar-refractivity contribution is -0.0529. The smallest absolute Gasteiger partial charge is 0.410 e. The number of ether oxygens (including phenoxy) is 2. The van der Waals surface area contributed by atoms with Gasteiger partial charge in [0.1, 0.15) is 5.60 Å². The topological polar surface area (TPSA) is 74.7 Å². The van der Waals surface area contributed by atoms with Gasteiger partial charge in [-0.1, -0.05) is 0 Å². The van der Waals surface area contributed by atoms with E-state index in [4.69, 9.17) is 4.74 Å². The van der Waals surface area contributed by atoms with Crippen LogP contribution in [-0.2, 0) is 15.9 Å². The molecular weight excluding hydrogens is 397 g/mol. The van der Waals surface area contributed by atoms with Crippen LogP contribution in [0, 0.1) is 5.92 Å². The number of rotatable bonds is 5. The molecule has 1 aliphatic heterocycles. The molecule has 0 saturated carbocycles. The molecule has 1 aliphatic rings. The lowest BCUT2D eigenvalue weighted by atomic mass is 9.92. The van der Waals surface area contributed by atoms with Gasteiger partial charge >= 0.3 is 12.7 Å². The Bertz CT molecular complexity index is 660. The van der Waals surface area contributed by atoms with Gasteiger partial charge in [0.15, 0.2) is 4.90 Å².